The van der Waals surface area contributed by atoms with Crippen LogP contribution in [0.25, 0.3) is 0 Å². The number of benzene rings is 1. The first-order chi connectivity index (χ1) is 14.6. The molecule has 0 saturated heterocycles. The monoisotopic (exact) mass is 443 g/mol. The maximum atomic E-state index is 12.8. The van der Waals surface area contributed by atoms with Gasteiger partial charge in [-0.2, -0.15) is 4.31 Å². The zero-order valence-electron chi connectivity index (χ0n) is 19.0. The minimum atomic E-state index is -3.69. The Kier molecular flexibility index (Phi) is 7.57. The fraction of sp³-hybridized carbons (Fsp3) is 0.522. The van der Waals surface area contributed by atoms with Crippen LogP contribution in [0, 0.1) is 5.92 Å². The van der Waals surface area contributed by atoms with E-state index in [1.54, 1.807) is 12.3 Å². The molecule has 0 bridgehead atoms. The number of hydrogen-bond acceptors (Lipinski definition) is 5. The molecule has 3 rings (SSSR count). The second-order valence-corrected chi connectivity index (χ2v) is 11.4. The molecule has 0 amide bonds. The van der Waals surface area contributed by atoms with Gasteiger partial charge in [-0.3, -0.25) is 4.98 Å². The molecule has 0 aliphatic heterocycles. The third-order valence-electron chi connectivity index (χ3n) is 6.10. The van der Waals surface area contributed by atoms with E-state index in [9.17, 15) is 13.5 Å². The van der Waals surface area contributed by atoms with E-state index in [1.807, 2.05) is 6.82 Å². The van der Waals surface area contributed by atoms with Gasteiger partial charge in [0.2, 0.25) is 10.0 Å². The number of nitrogens with zero attached hydrogens (tertiary/aromatic N) is 2. The Bertz CT molecular complexity index is 972. The Balaban J connectivity index is 1.51. The Labute approximate surface area is 187 Å². The van der Waals surface area contributed by atoms with Crippen molar-refractivity contribution in [1.82, 2.24) is 14.6 Å². The van der Waals surface area contributed by atoms with Crippen LogP contribution in [-0.4, -0.2) is 61.9 Å². The fourth-order valence-electron chi connectivity index (χ4n) is 4.42. The van der Waals surface area contributed by atoms with E-state index >= 15 is 0 Å². The first kappa shape index (κ1) is 23.9. The van der Waals surface area contributed by atoms with Gasteiger partial charge in [-0.15, -0.1) is 0 Å². The van der Waals surface area contributed by atoms with Crippen molar-refractivity contribution in [3.63, 3.8) is 0 Å². The van der Waals surface area contributed by atoms with Crippen LogP contribution in [-0.2, 0) is 22.9 Å². The molecule has 0 radical (unpaired) electrons. The van der Waals surface area contributed by atoms with Gasteiger partial charge in [-0.25, -0.2) is 8.42 Å². The Hall–Kier alpha value is -1.74. The third kappa shape index (κ3) is 6.16. The lowest BCUT2D eigenvalue weighted by molar-refractivity contribution is 0.135. The quantitative estimate of drug-likeness (QED) is 0.542. The number of β-amino-alcohol motifs (C(OH)–C–C–N with tert-alkyl or cyclic N) is 1. The molecular formula is C23H34BN3O3S. The average Bonchev–Trinajstić information content (AvgIpc) is 3.13. The van der Waals surface area contributed by atoms with Crippen LogP contribution in [0.1, 0.15) is 31.4 Å². The fourth-order valence-corrected chi connectivity index (χ4v) is 5.64. The van der Waals surface area contributed by atoms with E-state index in [2.05, 4.69) is 48.4 Å². The maximum absolute atomic E-state index is 12.8. The smallest absolute Gasteiger partial charge is 0.244 e. The predicted octanol–water partition coefficient (Wildman–Crippen LogP) is 1.35. The van der Waals surface area contributed by atoms with E-state index in [0.717, 1.165) is 24.7 Å². The van der Waals surface area contributed by atoms with Gasteiger partial charge in [0, 0.05) is 38.1 Å². The number of likely N-dealkylation sites (N-methyl/N-ethyl adjacent to an activating group) is 1. The summed E-state index contributed by atoms with van der Waals surface area (Å²) in [7, 11) is -1.47. The summed E-state index contributed by atoms with van der Waals surface area (Å²) in [6.45, 7) is 6.60. The van der Waals surface area contributed by atoms with Gasteiger partial charge in [-0.1, -0.05) is 36.6 Å². The number of rotatable bonds is 10. The first-order valence-corrected chi connectivity index (χ1v) is 12.4. The molecule has 1 heterocycles. The van der Waals surface area contributed by atoms with Crippen molar-refractivity contribution >= 4 is 22.8 Å². The second-order valence-electron chi connectivity index (χ2n) is 9.33. The van der Waals surface area contributed by atoms with Crippen molar-refractivity contribution in [2.45, 2.75) is 56.5 Å². The van der Waals surface area contributed by atoms with Crippen LogP contribution < -0.4 is 10.8 Å². The summed E-state index contributed by atoms with van der Waals surface area (Å²) in [5.74, 6) is 0.582. The lowest BCUT2D eigenvalue weighted by Gasteiger charge is -2.31. The maximum Gasteiger partial charge on any atom is 0.244 e. The minimum Gasteiger partial charge on any atom is -0.390 e. The molecule has 1 aliphatic rings. The molecule has 8 heteroatoms. The number of nitrogens with one attached hydrogen (secondary N) is 1. The Morgan fingerprint density at radius 1 is 1.26 bits per heavy atom. The van der Waals surface area contributed by atoms with Gasteiger partial charge in [0.15, 0.2) is 7.28 Å². The first-order valence-electron chi connectivity index (χ1n) is 11.0. The molecule has 0 fully saturated rings. The summed E-state index contributed by atoms with van der Waals surface area (Å²) in [6, 6.07) is 10.3. The Morgan fingerprint density at radius 3 is 2.52 bits per heavy atom. The van der Waals surface area contributed by atoms with Gasteiger partial charge in [-0.05, 0) is 56.2 Å². The molecule has 2 aromatic rings. The molecule has 1 atom stereocenters. The molecular weight excluding hydrogens is 409 g/mol. The van der Waals surface area contributed by atoms with Crippen molar-refractivity contribution in [3.8, 4) is 0 Å². The molecule has 1 aliphatic carbocycles. The lowest BCUT2D eigenvalue weighted by Crippen LogP contribution is -2.47. The highest BCUT2D eigenvalue weighted by atomic mass is 32.2. The average molecular weight is 443 g/mol. The number of aromatic nitrogens is 1. The van der Waals surface area contributed by atoms with Gasteiger partial charge in [0.1, 0.15) is 0 Å². The molecule has 6 nitrogen and oxygen atoms in total. The summed E-state index contributed by atoms with van der Waals surface area (Å²) in [6.07, 6.45) is 5.41. The second kappa shape index (κ2) is 9.82. The minimum absolute atomic E-state index is 0.0244. The van der Waals surface area contributed by atoms with Gasteiger partial charge in [0.25, 0.3) is 0 Å². The molecule has 1 aromatic carbocycles. The van der Waals surface area contributed by atoms with Crippen LogP contribution in [0.5, 0.6) is 0 Å². The number of sulfonamides is 1. The standard InChI is InChI=1S/C23H34BN3O3S/c1-23(2,12-17-9-18-7-5-6-8-19(18)10-17)26-14-21(28)16-27(4)31(29,30)22-11-20(24-3)13-25-15-22/h5-8,11,13,15,17,21,24,26,28H,9-10,12,14,16H2,1-4H3/t21-/m1/s1. The summed E-state index contributed by atoms with van der Waals surface area (Å²) < 4.78 is 26.9. The highest BCUT2D eigenvalue weighted by Crippen LogP contribution is 2.31. The van der Waals surface area contributed by atoms with Crippen LogP contribution in [0.3, 0.4) is 0 Å². The molecule has 168 valence electrons. The van der Waals surface area contributed by atoms with Crippen LogP contribution in [0.2, 0.25) is 6.82 Å². The zero-order valence-corrected chi connectivity index (χ0v) is 19.8. The van der Waals surface area contributed by atoms with Gasteiger partial charge in [0.05, 0.1) is 11.0 Å². The van der Waals surface area contributed by atoms with Crippen molar-refractivity contribution in [2.24, 2.45) is 5.92 Å². The number of aliphatic hydroxyl groups is 1. The molecule has 1 aromatic heterocycles. The number of pyridine rings is 1. The predicted molar refractivity (Wildman–Crippen MR) is 127 cm³/mol. The third-order valence-corrected chi connectivity index (χ3v) is 7.89. The van der Waals surface area contributed by atoms with E-state index in [4.69, 9.17) is 0 Å². The molecule has 0 unspecified atom stereocenters. The van der Waals surface area contributed by atoms with Crippen LogP contribution >= 0.6 is 0 Å². The SMILES string of the molecule is CBc1cncc(S(=O)(=O)N(C)C[C@H](O)CNC(C)(C)CC2Cc3ccccc3C2)c1. The number of hydrogen-bond donors (Lipinski definition) is 2. The molecule has 31 heavy (non-hydrogen) atoms. The number of aliphatic hydroxyl groups excluding tert-OH is 1. The summed E-state index contributed by atoms with van der Waals surface area (Å²) >= 11 is 0. The van der Waals surface area contributed by atoms with E-state index in [-0.39, 0.29) is 17.0 Å². The summed E-state index contributed by atoms with van der Waals surface area (Å²) in [4.78, 5) is 4.20. The van der Waals surface area contributed by atoms with E-state index < -0.39 is 16.1 Å². The normalized spacial score (nSPS) is 15.8. The molecule has 0 spiro atoms. The lowest BCUT2D eigenvalue weighted by atomic mass is 9.74. The Morgan fingerprint density at radius 2 is 1.90 bits per heavy atom. The van der Waals surface area contributed by atoms with Crippen molar-refractivity contribution in [3.05, 3.63) is 53.9 Å². The van der Waals surface area contributed by atoms with Gasteiger partial charge >= 0.3 is 0 Å². The number of fused-ring (bicyclic) bond motifs is 1. The largest absolute Gasteiger partial charge is 0.390 e. The van der Waals surface area contributed by atoms with Crippen LogP contribution in [0.15, 0.2) is 47.6 Å². The van der Waals surface area contributed by atoms with E-state index in [1.165, 1.54) is 28.7 Å². The summed E-state index contributed by atoms with van der Waals surface area (Å²) in [5.41, 5.74) is 3.60. The zero-order chi connectivity index (χ0) is 22.6. The molecule has 2 N–H and O–H groups in total. The van der Waals surface area contributed by atoms with E-state index in [0.29, 0.717) is 19.7 Å². The van der Waals surface area contributed by atoms with Gasteiger partial charge < -0.3 is 10.4 Å². The highest BCUT2D eigenvalue weighted by Gasteiger charge is 2.29. The molecule has 0 saturated carbocycles. The van der Waals surface area contributed by atoms with Crippen molar-refractivity contribution in [1.29, 1.82) is 0 Å². The summed E-state index contributed by atoms with van der Waals surface area (Å²) in [5, 5.41) is 14.0. The van der Waals surface area contributed by atoms with Crippen molar-refractivity contribution in [2.75, 3.05) is 20.1 Å². The highest BCUT2D eigenvalue weighted by molar-refractivity contribution is 7.89. The van der Waals surface area contributed by atoms with Crippen molar-refractivity contribution < 1.29 is 13.5 Å². The van der Waals surface area contributed by atoms with Crippen LogP contribution in [0.4, 0.5) is 0 Å². The topological polar surface area (TPSA) is 82.5 Å².